The van der Waals surface area contributed by atoms with Crippen molar-refractivity contribution in [1.29, 1.82) is 0 Å². The number of fused-ring (bicyclic) bond motifs is 1. The molecule has 3 aromatic rings. The third kappa shape index (κ3) is 4.59. The molecule has 0 atom stereocenters. The molecule has 2 aromatic carbocycles. The van der Waals surface area contributed by atoms with Gasteiger partial charge in [0.1, 0.15) is 17.3 Å². The molecule has 0 aliphatic carbocycles. The highest BCUT2D eigenvalue weighted by molar-refractivity contribution is 7.97. The van der Waals surface area contributed by atoms with Crippen molar-refractivity contribution in [3.8, 4) is 0 Å². The fourth-order valence-corrected chi connectivity index (χ4v) is 6.23. The van der Waals surface area contributed by atoms with E-state index in [0.29, 0.717) is 24.5 Å². The number of hydrogen-bond donors (Lipinski definition) is 1. The lowest BCUT2D eigenvalue weighted by Crippen LogP contribution is -2.28. The summed E-state index contributed by atoms with van der Waals surface area (Å²) >= 11 is 7.83. The predicted molar refractivity (Wildman–Crippen MR) is 125 cm³/mol. The van der Waals surface area contributed by atoms with Gasteiger partial charge in [0.2, 0.25) is 15.9 Å². The second-order valence-corrected chi connectivity index (χ2v) is 10.5. The molecular weight excluding hydrogens is 456 g/mol. The van der Waals surface area contributed by atoms with Crippen LogP contribution in [0.1, 0.15) is 18.7 Å². The Hall–Kier alpha value is -2.07. The molecule has 1 aliphatic rings. The molecular formula is C21H23ClN4O3S2. The second-order valence-electron chi connectivity index (χ2n) is 7.34. The van der Waals surface area contributed by atoms with Gasteiger partial charge in [-0.15, -0.1) is 0 Å². The maximum absolute atomic E-state index is 12.9. The van der Waals surface area contributed by atoms with Crippen LogP contribution in [0.25, 0.3) is 11.0 Å². The van der Waals surface area contributed by atoms with Crippen molar-refractivity contribution in [2.75, 3.05) is 24.7 Å². The molecule has 0 spiro atoms. The molecule has 31 heavy (non-hydrogen) atoms. The molecule has 1 amide bonds. The highest BCUT2D eigenvalue weighted by atomic mass is 35.5. The number of benzene rings is 2. The van der Waals surface area contributed by atoms with Crippen molar-refractivity contribution >= 4 is 56.0 Å². The van der Waals surface area contributed by atoms with Crippen molar-refractivity contribution in [3.63, 3.8) is 0 Å². The van der Waals surface area contributed by atoms with E-state index in [2.05, 4.69) is 10.3 Å². The Bertz CT molecular complexity index is 1220. The van der Waals surface area contributed by atoms with E-state index in [9.17, 15) is 13.2 Å². The molecule has 1 fully saturated rings. The molecule has 1 aromatic heterocycles. The van der Waals surface area contributed by atoms with Gasteiger partial charge in [-0.2, -0.15) is 16.1 Å². The summed E-state index contributed by atoms with van der Waals surface area (Å²) in [6, 6.07) is 12.2. The number of hydrogen-bond acceptors (Lipinski definition) is 5. The molecule has 1 aliphatic heterocycles. The molecule has 2 heterocycles. The summed E-state index contributed by atoms with van der Waals surface area (Å²) < 4.78 is 29.2. The van der Waals surface area contributed by atoms with E-state index in [1.165, 1.54) is 16.4 Å². The number of carbonyl (C=O) groups excluding carboxylic acids is 1. The quantitative estimate of drug-likeness (QED) is 0.555. The number of aromatic nitrogens is 2. The Kier molecular flexibility index (Phi) is 6.57. The molecule has 0 unspecified atom stereocenters. The summed E-state index contributed by atoms with van der Waals surface area (Å²) in [6.07, 6.45) is 3.66. The highest BCUT2D eigenvalue weighted by Gasteiger charge is 2.29. The number of amides is 1. The van der Waals surface area contributed by atoms with Gasteiger partial charge in [0.25, 0.3) is 0 Å². The van der Waals surface area contributed by atoms with E-state index in [4.69, 9.17) is 11.6 Å². The van der Waals surface area contributed by atoms with Crippen molar-refractivity contribution in [1.82, 2.24) is 13.9 Å². The SMILES string of the molecule is CSCc1nc2ccccc2n1CC(=O)Nc1ccc(Cl)c(S(=O)(=O)N2CCCC2)c1. The zero-order chi connectivity index (χ0) is 22.0. The summed E-state index contributed by atoms with van der Waals surface area (Å²) in [4.78, 5) is 17.5. The molecule has 1 saturated heterocycles. The van der Waals surface area contributed by atoms with Crippen LogP contribution < -0.4 is 5.32 Å². The third-order valence-corrected chi connectivity index (χ3v) is 8.13. The van der Waals surface area contributed by atoms with Crippen LogP contribution in [0, 0.1) is 0 Å². The third-order valence-electron chi connectivity index (χ3n) is 5.21. The minimum atomic E-state index is -3.69. The first-order valence-electron chi connectivity index (χ1n) is 9.93. The van der Waals surface area contributed by atoms with Gasteiger partial charge >= 0.3 is 0 Å². The molecule has 0 radical (unpaired) electrons. The van der Waals surface area contributed by atoms with Gasteiger partial charge in [-0.05, 0) is 49.4 Å². The fourth-order valence-electron chi connectivity index (χ4n) is 3.73. The van der Waals surface area contributed by atoms with E-state index < -0.39 is 10.0 Å². The lowest BCUT2D eigenvalue weighted by atomic mass is 10.3. The van der Waals surface area contributed by atoms with Gasteiger partial charge in [0.05, 0.1) is 21.8 Å². The minimum Gasteiger partial charge on any atom is -0.324 e. The Morgan fingerprint density at radius 1 is 1.19 bits per heavy atom. The Labute approximate surface area is 190 Å². The normalized spacial score (nSPS) is 14.9. The van der Waals surface area contributed by atoms with E-state index in [1.807, 2.05) is 35.1 Å². The molecule has 7 nitrogen and oxygen atoms in total. The average Bonchev–Trinajstić information content (AvgIpc) is 3.39. The molecule has 0 saturated carbocycles. The van der Waals surface area contributed by atoms with Crippen molar-refractivity contribution < 1.29 is 13.2 Å². The maximum atomic E-state index is 12.9. The fraction of sp³-hybridized carbons (Fsp3) is 0.333. The van der Waals surface area contributed by atoms with Gasteiger partial charge in [-0.1, -0.05) is 23.7 Å². The van der Waals surface area contributed by atoms with Crippen molar-refractivity contribution in [2.45, 2.75) is 30.0 Å². The molecule has 10 heteroatoms. The monoisotopic (exact) mass is 478 g/mol. The van der Waals surface area contributed by atoms with Crippen LogP contribution in [-0.4, -0.2) is 47.5 Å². The van der Waals surface area contributed by atoms with Gasteiger partial charge in [0.15, 0.2) is 0 Å². The average molecular weight is 479 g/mol. The highest BCUT2D eigenvalue weighted by Crippen LogP contribution is 2.29. The number of imidazole rings is 1. The first-order valence-corrected chi connectivity index (χ1v) is 13.1. The van der Waals surface area contributed by atoms with Crippen LogP contribution in [0.15, 0.2) is 47.4 Å². The lowest BCUT2D eigenvalue weighted by Gasteiger charge is -2.17. The Balaban J connectivity index is 1.57. The second kappa shape index (κ2) is 9.20. The number of nitrogens with one attached hydrogen (secondary N) is 1. The number of carbonyl (C=O) groups is 1. The Morgan fingerprint density at radius 3 is 2.68 bits per heavy atom. The zero-order valence-corrected chi connectivity index (χ0v) is 19.4. The summed E-state index contributed by atoms with van der Waals surface area (Å²) in [6.45, 7) is 1.05. The molecule has 164 valence electrons. The predicted octanol–water partition coefficient (Wildman–Crippen LogP) is 3.98. The smallest absolute Gasteiger partial charge is 0.244 e. The van der Waals surface area contributed by atoms with E-state index in [0.717, 1.165) is 29.7 Å². The van der Waals surface area contributed by atoms with E-state index in [-0.39, 0.29) is 22.4 Å². The maximum Gasteiger partial charge on any atom is 0.244 e. The van der Waals surface area contributed by atoms with Crippen LogP contribution in [0.5, 0.6) is 0 Å². The molecule has 0 bridgehead atoms. The number of halogens is 1. The standard InChI is InChI=1S/C21H23ClN4O3S2/c1-30-14-20-24-17-6-2-3-7-18(17)26(20)13-21(27)23-15-8-9-16(22)19(12-15)31(28,29)25-10-4-5-11-25/h2-3,6-9,12H,4-5,10-11,13-14H2,1H3,(H,23,27). The summed E-state index contributed by atoms with van der Waals surface area (Å²) in [7, 11) is -3.69. The largest absolute Gasteiger partial charge is 0.324 e. The van der Waals surface area contributed by atoms with Crippen LogP contribution >= 0.6 is 23.4 Å². The Morgan fingerprint density at radius 2 is 1.94 bits per heavy atom. The topological polar surface area (TPSA) is 84.3 Å². The molecule has 1 N–H and O–H groups in total. The number of anilines is 1. The van der Waals surface area contributed by atoms with Gasteiger partial charge in [0, 0.05) is 18.8 Å². The summed E-state index contributed by atoms with van der Waals surface area (Å²) in [5.74, 6) is 1.23. The van der Waals surface area contributed by atoms with Crippen LogP contribution in [0.3, 0.4) is 0 Å². The first kappa shape index (κ1) is 22.1. The van der Waals surface area contributed by atoms with Crippen LogP contribution in [-0.2, 0) is 27.1 Å². The van der Waals surface area contributed by atoms with Crippen molar-refractivity contribution in [3.05, 3.63) is 53.3 Å². The zero-order valence-electron chi connectivity index (χ0n) is 17.0. The van der Waals surface area contributed by atoms with Gasteiger partial charge < -0.3 is 9.88 Å². The number of thioether (sulfide) groups is 1. The van der Waals surface area contributed by atoms with Crippen molar-refractivity contribution in [2.24, 2.45) is 0 Å². The lowest BCUT2D eigenvalue weighted by molar-refractivity contribution is -0.116. The van der Waals surface area contributed by atoms with E-state index in [1.54, 1.807) is 17.8 Å². The summed E-state index contributed by atoms with van der Waals surface area (Å²) in [5.41, 5.74) is 2.11. The van der Waals surface area contributed by atoms with E-state index >= 15 is 0 Å². The minimum absolute atomic E-state index is 0.0185. The van der Waals surface area contributed by atoms with Gasteiger partial charge in [-0.25, -0.2) is 13.4 Å². The number of sulfonamides is 1. The summed E-state index contributed by atoms with van der Waals surface area (Å²) in [5, 5.41) is 2.95. The van der Waals surface area contributed by atoms with Crippen LogP contribution in [0.2, 0.25) is 5.02 Å². The number of rotatable bonds is 7. The van der Waals surface area contributed by atoms with Gasteiger partial charge in [-0.3, -0.25) is 4.79 Å². The molecule has 4 rings (SSSR count). The number of nitrogens with zero attached hydrogens (tertiary/aromatic N) is 3. The number of para-hydroxylation sites is 2. The van der Waals surface area contributed by atoms with Crippen LogP contribution in [0.4, 0.5) is 5.69 Å². The first-order chi connectivity index (χ1) is 14.9.